The maximum absolute atomic E-state index is 11.0. The Kier molecular flexibility index (Phi) is 7.54. The molecule has 0 aromatic carbocycles. The van der Waals surface area contributed by atoms with Gasteiger partial charge in [-0.15, -0.1) is 0 Å². The number of Topliss-reactive ketones (excluding diaryl/α,β-unsaturated/α-hetero) is 1. The van der Waals surface area contributed by atoms with Crippen molar-refractivity contribution in [2.45, 2.75) is 44.9 Å². The van der Waals surface area contributed by atoms with E-state index in [1.807, 2.05) is 0 Å². The van der Waals surface area contributed by atoms with Gasteiger partial charge in [0.15, 0.2) is 0 Å². The lowest BCUT2D eigenvalue weighted by Crippen LogP contribution is -1.95. The van der Waals surface area contributed by atoms with E-state index in [9.17, 15) is 4.79 Å². The molecule has 0 aromatic heterocycles. The minimum Gasteiger partial charge on any atom is -0.300 e. The van der Waals surface area contributed by atoms with Crippen LogP contribution >= 0.6 is 0 Å². The Hall–Kier alpha value is -0.330. The summed E-state index contributed by atoms with van der Waals surface area (Å²) in [4.78, 5) is 11.0. The van der Waals surface area contributed by atoms with Gasteiger partial charge in [0.2, 0.25) is 0 Å². The van der Waals surface area contributed by atoms with Crippen LogP contribution in [0.2, 0.25) is 0 Å². The van der Waals surface area contributed by atoms with Gasteiger partial charge in [-0.3, -0.25) is 4.79 Å². The number of rotatable bonds is 7. The lowest BCUT2D eigenvalue weighted by Gasteiger charge is -1.97. The van der Waals surface area contributed by atoms with Gasteiger partial charge in [0.05, 0.1) is 0 Å². The molecule has 0 amide bonds. The molecule has 1 heteroatoms. The Labute approximate surface area is 70.2 Å². The van der Waals surface area contributed by atoms with Gasteiger partial charge >= 0.3 is 0 Å². The standard InChI is InChI=1S/C10H18O/c1-3-5-6-7-9-10(11)8-4-2/h1-9H2. The predicted molar refractivity (Wildman–Crippen MR) is 48.0 cm³/mol. The molecule has 0 bridgehead atoms. The number of ketones is 1. The molecule has 0 N–H and O–H groups in total. The van der Waals surface area contributed by atoms with Crippen molar-refractivity contribution in [2.24, 2.45) is 0 Å². The van der Waals surface area contributed by atoms with Crippen molar-refractivity contribution in [3.8, 4) is 0 Å². The Morgan fingerprint density at radius 2 is 1.64 bits per heavy atom. The average Bonchev–Trinajstić information content (AvgIpc) is 1.99. The third-order valence-corrected chi connectivity index (χ3v) is 1.66. The summed E-state index contributed by atoms with van der Waals surface area (Å²) in [7, 11) is 0. The molecule has 11 heavy (non-hydrogen) atoms. The van der Waals surface area contributed by atoms with Crippen molar-refractivity contribution in [3.05, 3.63) is 13.8 Å². The van der Waals surface area contributed by atoms with Gasteiger partial charge in [-0.1, -0.05) is 33.1 Å². The monoisotopic (exact) mass is 154 g/mol. The number of carbonyl (C=O) groups is 1. The van der Waals surface area contributed by atoms with E-state index in [2.05, 4.69) is 13.8 Å². The van der Waals surface area contributed by atoms with Gasteiger partial charge in [0.25, 0.3) is 0 Å². The van der Waals surface area contributed by atoms with Crippen LogP contribution in [0.25, 0.3) is 0 Å². The van der Waals surface area contributed by atoms with E-state index in [4.69, 9.17) is 0 Å². The largest absolute Gasteiger partial charge is 0.300 e. The zero-order chi connectivity index (χ0) is 8.53. The Morgan fingerprint density at radius 1 is 0.909 bits per heavy atom. The molecule has 0 saturated carbocycles. The minimum absolute atomic E-state index is 0.365. The van der Waals surface area contributed by atoms with E-state index in [0.29, 0.717) is 12.2 Å². The first-order valence-electron chi connectivity index (χ1n) is 4.41. The molecule has 0 saturated heterocycles. The highest BCUT2D eigenvalue weighted by Gasteiger charge is 1.98. The summed E-state index contributed by atoms with van der Waals surface area (Å²) in [5.74, 6) is 0.365. The molecule has 0 rings (SSSR count). The van der Waals surface area contributed by atoms with Crippen LogP contribution in [0.5, 0.6) is 0 Å². The van der Waals surface area contributed by atoms with E-state index in [0.717, 1.165) is 38.5 Å². The summed E-state index contributed by atoms with van der Waals surface area (Å²) in [6.07, 6.45) is 6.47. The highest BCUT2D eigenvalue weighted by atomic mass is 16.1. The van der Waals surface area contributed by atoms with E-state index >= 15 is 0 Å². The molecule has 64 valence electrons. The molecular formula is C10H18O. The molecule has 0 aliphatic carbocycles. The summed E-state index contributed by atoms with van der Waals surface area (Å²) >= 11 is 0. The summed E-state index contributed by atoms with van der Waals surface area (Å²) in [5.41, 5.74) is 0. The van der Waals surface area contributed by atoms with Crippen LogP contribution in [0, 0.1) is 13.8 Å². The maximum atomic E-state index is 11.0. The van der Waals surface area contributed by atoms with Crippen LogP contribution in [-0.4, -0.2) is 5.78 Å². The highest BCUT2D eigenvalue weighted by molar-refractivity contribution is 5.78. The fourth-order valence-corrected chi connectivity index (χ4v) is 0.998. The van der Waals surface area contributed by atoms with E-state index in [-0.39, 0.29) is 0 Å². The normalized spacial score (nSPS) is 10.0. The van der Waals surface area contributed by atoms with Crippen molar-refractivity contribution < 1.29 is 4.79 Å². The first-order chi connectivity index (χ1) is 5.31. The van der Waals surface area contributed by atoms with Crippen LogP contribution in [0.4, 0.5) is 0 Å². The SMILES string of the molecule is [CH2]CCCCCC(=O)CC[CH2]. The zero-order valence-corrected chi connectivity index (χ0v) is 7.27. The van der Waals surface area contributed by atoms with Gasteiger partial charge < -0.3 is 0 Å². The third kappa shape index (κ3) is 7.57. The fourth-order valence-electron chi connectivity index (χ4n) is 0.998. The molecular weight excluding hydrogens is 136 g/mol. The van der Waals surface area contributed by atoms with Gasteiger partial charge in [-0.05, 0) is 12.8 Å². The number of carbonyl (C=O) groups excluding carboxylic acids is 1. The topological polar surface area (TPSA) is 17.1 Å². The van der Waals surface area contributed by atoms with E-state index in [1.54, 1.807) is 0 Å². The van der Waals surface area contributed by atoms with Gasteiger partial charge in [-0.2, -0.15) is 0 Å². The lowest BCUT2D eigenvalue weighted by atomic mass is 10.1. The molecule has 1 nitrogen and oxygen atoms in total. The highest BCUT2D eigenvalue weighted by Crippen LogP contribution is 2.04. The molecule has 0 aliphatic heterocycles. The first-order valence-corrected chi connectivity index (χ1v) is 4.41. The molecule has 0 aromatic rings. The molecule has 0 aliphatic rings. The van der Waals surface area contributed by atoms with E-state index in [1.165, 1.54) is 0 Å². The van der Waals surface area contributed by atoms with Crippen molar-refractivity contribution >= 4 is 5.78 Å². The fraction of sp³-hybridized carbons (Fsp3) is 0.700. The van der Waals surface area contributed by atoms with Crippen LogP contribution in [0.3, 0.4) is 0 Å². The third-order valence-electron chi connectivity index (χ3n) is 1.66. The molecule has 0 unspecified atom stereocenters. The van der Waals surface area contributed by atoms with Crippen molar-refractivity contribution in [1.29, 1.82) is 0 Å². The van der Waals surface area contributed by atoms with E-state index < -0.39 is 0 Å². The number of unbranched alkanes of at least 4 members (excludes halogenated alkanes) is 3. The molecule has 0 atom stereocenters. The molecule has 0 fully saturated rings. The molecule has 2 radical (unpaired) electrons. The van der Waals surface area contributed by atoms with Crippen LogP contribution in [0.1, 0.15) is 44.9 Å². The minimum atomic E-state index is 0.365. The maximum Gasteiger partial charge on any atom is 0.132 e. The second-order valence-corrected chi connectivity index (χ2v) is 2.81. The lowest BCUT2D eigenvalue weighted by molar-refractivity contribution is -0.119. The predicted octanol–water partition coefficient (Wildman–Crippen LogP) is 2.95. The number of hydrogen-bond acceptors (Lipinski definition) is 1. The first kappa shape index (κ1) is 10.7. The Balaban J connectivity index is 3.04. The van der Waals surface area contributed by atoms with Crippen LogP contribution in [-0.2, 0) is 4.79 Å². The Morgan fingerprint density at radius 3 is 2.18 bits per heavy atom. The smallest absolute Gasteiger partial charge is 0.132 e. The average molecular weight is 154 g/mol. The second-order valence-electron chi connectivity index (χ2n) is 2.81. The van der Waals surface area contributed by atoms with Crippen molar-refractivity contribution in [1.82, 2.24) is 0 Å². The summed E-state index contributed by atoms with van der Waals surface area (Å²) in [5, 5.41) is 0. The van der Waals surface area contributed by atoms with Gasteiger partial charge in [0, 0.05) is 12.8 Å². The quantitative estimate of drug-likeness (QED) is 0.515. The summed E-state index contributed by atoms with van der Waals surface area (Å²) in [6, 6.07) is 0. The zero-order valence-electron chi connectivity index (χ0n) is 7.27. The van der Waals surface area contributed by atoms with Crippen molar-refractivity contribution in [3.63, 3.8) is 0 Å². The Bertz CT molecular complexity index is 97.0. The summed E-state index contributed by atoms with van der Waals surface area (Å²) in [6.45, 7) is 7.38. The van der Waals surface area contributed by atoms with Crippen molar-refractivity contribution in [2.75, 3.05) is 0 Å². The molecule has 0 spiro atoms. The van der Waals surface area contributed by atoms with Gasteiger partial charge in [0.1, 0.15) is 5.78 Å². The molecule has 0 heterocycles. The summed E-state index contributed by atoms with van der Waals surface area (Å²) < 4.78 is 0. The van der Waals surface area contributed by atoms with Crippen LogP contribution in [0.15, 0.2) is 0 Å². The number of hydrogen-bond donors (Lipinski definition) is 0. The second kappa shape index (κ2) is 7.77. The van der Waals surface area contributed by atoms with Crippen LogP contribution < -0.4 is 0 Å². The van der Waals surface area contributed by atoms with Gasteiger partial charge in [-0.25, -0.2) is 0 Å².